The van der Waals surface area contributed by atoms with Crippen molar-refractivity contribution in [3.8, 4) is 0 Å². The fraction of sp³-hybridized carbons (Fsp3) is 0.417. The first-order chi connectivity index (χ1) is 7.56. The molecule has 0 radical (unpaired) electrons. The second-order valence-electron chi connectivity index (χ2n) is 2.92. The summed E-state index contributed by atoms with van der Waals surface area (Å²) in [7, 11) is 1.25. The minimum Gasteiger partial charge on any atom is -0.469 e. The number of methoxy groups -OCH3 is 1. The third-order valence-electron chi connectivity index (χ3n) is 2.00. The van der Waals surface area contributed by atoms with Crippen molar-refractivity contribution in [1.29, 1.82) is 0 Å². The number of benzene rings is 1. The Labute approximate surface area is 94.2 Å². The molecule has 1 aromatic rings. The van der Waals surface area contributed by atoms with E-state index in [4.69, 9.17) is 0 Å². The summed E-state index contributed by atoms with van der Waals surface area (Å²) in [5.74, 6) is -2.95. The van der Waals surface area contributed by atoms with Crippen LogP contribution in [-0.4, -0.2) is 13.1 Å². The summed E-state index contributed by atoms with van der Waals surface area (Å²) >= 11 is 0. The molecule has 16 heavy (non-hydrogen) atoms. The van der Waals surface area contributed by atoms with Crippen LogP contribution >= 0.6 is 0 Å². The SMILES string of the molecule is CC.COC(=O)C(C)c1ccc(F)c(F)c1. The van der Waals surface area contributed by atoms with Crippen molar-refractivity contribution in [2.75, 3.05) is 7.11 Å². The average molecular weight is 230 g/mol. The second kappa shape index (κ2) is 6.93. The summed E-state index contributed by atoms with van der Waals surface area (Å²) in [5.41, 5.74) is 0.399. The van der Waals surface area contributed by atoms with Gasteiger partial charge in [0.2, 0.25) is 0 Å². The Morgan fingerprint density at radius 2 is 1.81 bits per heavy atom. The lowest BCUT2D eigenvalue weighted by atomic mass is 10.0. The molecule has 0 aliphatic rings. The molecule has 1 rings (SSSR count). The summed E-state index contributed by atoms with van der Waals surface area (Å²) in [4.78, 5) is 11.1. The molecule has 0 aromatic heterocycles. The largest absolute Gasteiger partial charge is 0.469 e. The maximum Gasteiger partial charge on any atom is 0.312 e. The molecule has 0 aliphatic heterocycles. The first-order valence-electron chi connectivity index (χ1n) is 5.09. The van der Waals surface area contributed by atoms with Gasteiger partial charge in [-0.25, -0.2) is 8.78 Å². The van der Waals surface area contributed by atoms with Crippen LogP contribution in [0.25, 0.3) is 0 Å². The number of esters is 1. The highest BCUT2D eigenvalue weighted by Gasteiger charge is 2.16. The molecule has 0 spiro atoms. The van der Waals surface area contributed by atoms with Gasteiger partial charge in [0.25, 0.3) is 0 Å². The Morgan fingerprint density at radius 1 is 1.25 bits per heavy atom. The van der Waals surface area contributed by atoms with E-state index in [-0.39, 0.29) is 0 Å². The monoisotopic (exact) mass is 230 g/mol. The van der Waals surface area contributed by atoms with E-state index in [1.165, 1.54) is 13.2 Å². The van der Waals surface area contributed by atoms with Crippen LogP contribution in [0, 0.1) is 11.6 Å². The van der Waals surface area contributed by atoms with E-state index in [1.807, 2.05) is 13.8 Å². The zero-order valence-electron chi connectivity index (χ0n) is 9.88. The minimum absolute atomic E-state index is 0.399. The topological polar surface area (TPSA) is 26.3 Å². The lowest BCUT2D eigenvalue weighted by Crippen LogP contribution is -2.11. The molecule has 0 fully saturated rings. The molecule has 90 valence electrons. The first-order valence-corrected chi connectivity index (χ1v) is 5.09. The molecule has 1 aromatic carbocycles. The van der Waals surface area contributed by atoms with Gasteiger partial charge in [0.05, 0.1) is 13.0 Å². The van der Waals surface area contributed by atoms with Gasteiger partial charge < -0.3 is 4.74 Å². The van der Waals surface area contributed by atoms with Gasteiger partial charge in [-0.2, -0.15) is 0 Å². The highest BCUT2D eigenvalue weighted by molar-refractivity contribution is 5.77. The van der Waals surface area contributed by atoms with Gasteiger partial charge in [-0.3, -0.25) is 4.79 Å². The Kier molecular flexibility index (Phi) is 6.30. The number of rotatable bonds is 2. The number of halogens is 2. The second-order valence-corrected chi connectivity index (χ2v) is 2.92. The molecule has 0 N–H and O–H groups in total. The molecule has 0 saturated heterocycles. The highest BCUT2D eigenvalue weighted by atomic mass is 19.2. The van der Waals surface area contributed by atoms with Crippen molar-refractivity contribution in [3.63, 3.8) is 0 Å². The summed E-state index contributed by atoms with van der Waals surface area (Å²) in [6.07, 6.45) is 0. The van der Waals surface area contributed by atoms with Crippen molar-refractivity contribution in [2.45, 2.75) is 26.7 Å². The number of ether oxygens (including phenoxy) is 1. The van der Waals surface area contributed by atoms with Crippen LogP contribution in [0.15, 0.2) is 18.2 Å². The van der Waals surface area contributed by atoms with Gasteiger partial charge in [-0.15, -0.1) is 0 Å². The molecule has 0 bridgehead atoms. The van der Waals surface area contributed by atoms with Gasteiger partial charge in [0.15, 0.2) is 11.6 Å². The Morgan fingerprint density at radius 3 is 2.25 bits per heavy atom. The number of hydrogen-bond donors (Lipinski definition) is 0. The third kappa shape index (κ3) is 3.61. The van der Waals surface area contributed by atoms with Crippen molar-refractivity contribution in [2.24, 2.45) is 0 Å². The van der Waals surface area contributed by atoms with Crippen LogP contribution in [0.4, 0.5) is 8.78 Å². The highest BCUT2D eigenvalue weighted by Crippen LogP contribution is 2.18. The number of carbonyl (C=O) groups excluding carboxylic acids is 1. The zero-order chi connectivity index (χ0) is 12.7. The third-order valence-corrected chi connectivity index (χ3v) is 2.00. The smallest absolute Gasteiger partial charge is 0.312 e. The van der Waals surface area contributed by atoms with E-state index in [0.717, 1.165) is 12.1 Å². The van der Waals surface area contributed by atoms with Gasteiger partial charge in [-0.05, 0) is 24.6 Å². The molecule has 4 heteroatoms. The molecular formula is C12H16F2O2. The Balaban J connectivity index is 0.00000106. The van der Waals surface area contributed by atoms with E-state index in [9.17, 15) is 13.6 Å². The molecule has 0 heterocycles. The quantitative estimate of drug-likeness (QED) is 0.729. The molecule has 1 atom stereocenters. The van der Waals surface area contributed by atoms with E-state index in [1.54, 1.807) is 6.92 Å². The number of hydrogen-bond acceptors (Lipinski definition) is 2. The average Bonchev–Trinajstić information content (AvgIpc) is 2.33. The predicted octanol–water partition coefficient (Wildman–Crippen LogP) is 3.27. The van der Waals surface area contributed by atoms with Crippen LogP contribution in [0.2, 0.25) is 0 Å². The molecular weight excluding hydrogens is 214 g/mol. The van der Waals surface area contributed by atoms with Crippen molar-refractivity contribution < 1.29 is 18.3 Å². The molecule has 0 aliphatic carbocycles. The summed E-state index contributed by atoms with van der Waals surface area (Å²) in [5, 5.41) is 0. The molecule has 2 nitrogen and oxygen atoms in total. The maximum absolute atomic E-state index is 12.8. The zero-order valence-corrected chi connectivity index (χ0v) is 9.88. The molecule has 0 amide bonds. The van der Waals surface area contributed by atoms with Crippen LogP contribution in [-0.2, 0) is 9.53 Å². The van der Waals surface area contributed by atoms with Crippen LogP contribution in [0.1, 0.15) is 32.3 Å². The fourth-order valence-corrected chi connectivity index (χ4v) is 1.09. The minimum atomic E-state index is -0.960. The van der Waals surface area contributed by atoms with E-state index in [2.05, 4.69) is 4.74 Å². The summed E-state index contributed by atoms with van der Waals surface area (Å²) in [6.45, 7) is 5.57. The van der Waals surface area contributed by atoms with E-state index >= 15 is 0 Å². The van der Waals surface area contributed by atoms with Crippen LogP contribution < -0.4 is 0 Å². The molecule has 0 saturated carbocycles. The normalized spacial score (nSPS) is 11.1. The van der Waals surface area contributed by atoms with Crippen LogP contribution in [0.5, 0.6) is 0 Å². The van der Waals surface area contributed by atoms with E-state index < -0.39 is 23.5 Å². The van der Waals surface area contributed by atoms with Crippen molar-refractivity contribution >= 4 is 5.97 Å². The lowest BCUT2D eigenvalue weighted by molar-refractivity contribution is -0.141. The van der Waals surface area contributed by atoms with Crippen molar-refractivity contribution in [1.82, 2.24) is 0 Å². The Bertz CT molecular complexity index is 351. The molecule has 1 unspecified atom stereocenters. The first kappa shape index (κ1) is 14.6. The van der Waals surface area contributed by atoms with Gasteiger partial charge in [0.1, 0.15) is 0 Å². The van der Waals surface area contributed by atoms with Gasteiger partial charge in [0, 0.05) is 0 Å². The lowest BCUT2D eigenvalue weighted by Gasteiger charge is -2.09. The fourth-order valence-electron chi connectivity index (χ4n) is 1.09. The predicted molar refractivity (Wildman–Crippen MR) is 58.1 cm³/mol. The maximum atomic E-state index is 12.8. The van der Waals surface area contributed by atoms with Gasteiger partial charge in [-0.1, -0.05) is 19.9 Å². The standard InChI is InChI=1S/C10H10F2O2.C2H6/c1-6(10(13)14-2)7-3-4-8(11)9(12)5-7;1-2/h3-6H,1-2H3;1-2H3. The number of carbonyl (C=O) groups is 1. The summed E-state index contributed by atoms with van der Waals surface area (Å²) < 4.78 is 29.8. The van der Waals surface area contributed by atoms with Gasteiger partial charge >= 0.3 is 5.97 Å². The summed E-state index contributed by atoms with van der Waals surface area (Å²) in [6, 6.07) is 3.35. The van der Waals surface area contributed by atoms with Crippen molar-refractivity contribution in [3.05, 3.63) is 35.4 Å². The Hall–Kier alpha value is -1.45. The van der Waals surface area contributed by atoms with E-state index in [0.29, 0.717) is 5.56 Å². The van der Waals surface area contributed by atoms with Crippen LogP contribution in [0.3, 0.4) is 0 Å².